The third-order valence-electron chi connectivity index (χ3n) is 2.97. The monoisotopic (exact) mass is 437 g/mol. The van der Waals surface area contributed by atoms with Crippen LogP contribution >= 0.6 is 0 Å². The van der Waals surface area contributed by atoms with Gasteiger partial charge in [-0.15, -0.1) is 6.54 Å². The van der Waals surface area contributed by atoms with Crippen molar-refractivity contribution in [2.45, 2.75) is 32.6 Å². The van der Waals surface area contributed by atoms with E-state index in [2.05, 4.69) is 0 Å². The number of hydrogen-bond donors (Lipinski definition) is 0. The fourth-order valence-electron chi connectivity index (χ4n) is 1.37. The standard InChI is InChI=1S/C6H8O4.C5H12N2.Pt/c7-4(8)6(5(9)10)2-1-3-6;1-5(4-7)2-3-6;/h1-3H2,(H,7,8)(H,9,10);5-7H,2-4H2,1H3;/q;-2;+4/p-2. The Kier molecular flexibility index (Phi) is 10.5. The fraction of sp³-hybridized carbons (Fsp3) is 0.818. The maximum absolute atomic E-state index is 10.2. The van der Waals surface area contributed by atoms with Crippen molar-refractivity contribution >= 4 is 11.9 Å². The molecule has 106 valence electrons. The van der Waals surface area contributed by atoms with Crippen molar-refractivity contribution in [3.8, 4) is 0 Å². The van der Waals surface area contributed by atoms with Gasteiger partial charge in [-0.25, -0.2) is 0 Å². The zero-order valence-corrected chi connectivity index (χ0v) is 12.5. The van der Waals surface area contributed by atoms with Crippen LogP contribution in [0.2, 0.25) is 0 Å². The van der Waals surface area contributed by atoms with Crippen LogP contribution in [0.3, 0.4) is 0 Å². The molecule has 6 nitrogen and oxygen atoms in total. The Hall–Kier alpha value is -0.452. The van der Waals surface area contributed by atoms with E-state index in [0.717, 1.165) is 6.42 Å². The number of hydrogen-bond acceptors (Lipinski definition) is 4. The second kappa shape index (κ2) is 9.47. The van der Waals surface area contributed by atoms with Gasteiger partial charge in [0, 0.05) is 5.41 Å². The summed E-state index contributed by atoms with van der Waals surface area (Å²) < 4.78 is 0. The first-order chi connectivity index (χ1) is 7.90. The first-order valence-corrected chi connectivity index (χ1v) is 5.62. The SMILES string of the molecule is CC(C[NH-])CC[NH-].O=C([O-])C1(C(=O)[O-])CCC1.[Pt+4]. The zero-order valence-electron chi connectivity index (χ0n) is 10.3. The van der Waals surface area contributed by atoms with Gasteiger partial charge in [0.15, 0.2) is 0 Å². The average Bonchev–Trinajstić information content (AvgIpc) is 2.15. The number of carboxylic acid groups (broad SMARTS) is 2. The first-order valence-electron chi connectivity index (χ1n) is 5.62. The molecule has 18 heavy (non-hydrogen) atoms. The smallest absolute Gasteiger partial charge is 0.677 e. The number of carboxylic acids is 2. The topological polar surface area (TPSA) is 128 Å². The van der Waals surface area contributed by atoms with E-state index in [4.69, 9.17) is 11.5 Å². The van der Waals surface area contributed by atoms with Gasteiger partial charge in [0.25, 0.3) is 0 Å². The molecule has 0 spiro atoms. The van der Waals surface area contributed by atoms with Crippen LogP contribution in [0.4, 0.5) is 0 Å². The molecule has 1 saturated carbocycles. The Balaban J connectivity index is 0. The predicted molar refractivity (Wildman–Crippen MR) is 58.5 cm³/mol. The predicted octanol–water partition coefficient (Wildman–Crippen LogP) is -0.229. The van der Waals surface area contributed by atoms with Gasteiger partial charge in [0.1, 0.15) is 0 Å². The molecule has 0 aromatic heterocycles. The van der Waals surface area contributed by atoms with Crippen LogP contribution in [0.5, 0.6) is 0 Å². The Bertz CT molecular complexity index is 254. The number of carbonyl (C=O) groups is 2. The van der Waals surface area contributed by atoms with Gasteiger partial charge in [-0.3, -0.25) is 0 Å². The molecule has 1 atom stereocenters. The molecule has 0 aliphatic heterocycles. The Morgan fingerprint density at radius 3 is 1.72 bits per heavy atom. The molecule has 1 fully saturated rings. The summed E-state index contributed by atoms with van der Waals surface area (Å²) in [6, 6.07) is 0. The van der Waals surface area contributed by atoms with E-state index >= 15 is 0 Å². The van der Waals surface area contributed by atoms with E-state index in [1.165, 1.54) is 0 Å². The van der Waals surface area contributed by atoms with E-state index in [1.54, 1.807) is 0 Å². The van der Waals surface area contributed by atoms with Crippen LogP contribution in [0.25, 0.3) is 11.5 Å². The molecule has 1 rings (SSSR count). The van der Waals surface area contributed by atoms with E-state index in [1.807, 2.05) is 6.92 Å². The quantitative estimate of drug-likeness (QED) is 0.551. The number of rotatable bonds is 5. The van der Waals surface area contributed by atoms with Crippen molar-refractivity contribution in [3.05, 3.63) is 11.5 Å². The molecule has 0 saturated heterocycles. The van der Waals surface area contributed by atoms with Crippen molar-refractivity contribution in [3.63, 3.8) is 0 Å². The third-order valence-corrected chi connectivity index (χ3v) is 2.97. The molecule has 0 bridgehead atoms. The summed E-state index contributed by atoms with van der Waals surface area (Å²) in [6.45, 7) is 2.94. The van der Waals surface area contributed by atoms with E-state index in [9.17, 15) is 19.8 Å². The second-order valence-corrected chi connectivity index (χ2v) is 4.36. The van der Waals surface area contributed by atoms with Crippen LogP contribution in [0, 0.1) is 11.3 Å². The molecule has 2 N–H and O–H groups in total. The van der Waals surface area contributed by atoms with Crippen molar-refractivity contribution in [2.75, 3.05) is 13.1 Å². The average molecular weight is 437 g/mol. The summed E-state index contributed by atoms with van der Waals surface area (Å²) in [7, 11) is 0. The molecule has 1 aliphatic carbocycles. The number of aliphatic carboxylic acids is 2. The number of nitrogens with one attached hydrogen (secondary N) is 2. The molecule has 0 amide bonds. The molecular weight excluding hydrogens is 419 g/mol. The summed E-state index contributed by atoms with van der Waals surface area (Å²) in [6.07, 6.45) is 1.81. The minimum atomic E-state index is -1.67. The van der Waals surface area contributed by atoms with Crippen molar-refractivity contribution in [1.29, 1.82) is 0 Å². The Morgan fingerprint density at radius 1 is 1.22 bits per heavy atom. The van der Waals surface area contributed by atoms with Crippen LogP contribution in [-0.4, -0.2) is 25.0 Å². The van der Waals surface area contributed by atoms with Crippen molar-refractivity contribution in [2.24, 2.45) is 11.3 Å². The van der Waals surface area contributed by atoms with Crippen LogP contribution in [-0.2, 0) is 30.7 Å². The maximum atomic E-state index is 10.2. The van der Waals surface area contributed by atoms with Gasteiger partial charge >= 0.3 is 21.1 Å². The van der Waals surface area contributed by atoms with Gasteiger partial charge in [-0.2, -0.15) is 6.54 Å². The maximum Gasteiger partial charge on any atom is 4.00 e. The van der Waals surface area contributed by atoms with E-state index < -0.39 is 17.4 Å². The Labute approximate surface area is 121 Å². The largest absolute Gasteiger partial charge is 4.00 e. The molecule has 7 heteroatoms. The molecule has 0 radical (unpaired) electrons. The molecule has 1 unspecified atom stereocenters. The van der Waals surface area contributed by atoms with Crippen molar-refractivity contribution in [1.82, 2.24) is 0 Å². The van der Waals surface area contributed by atoms with E-state index in [-0.39, 0.29) is 33.9 Å². The van der Waals surface area contributed by atoms with E-state index in [0.29, 0.717) is 25.4 Å². The molecule has 0 aromatic rings. The van der Waals surface area contributed by atoms with Gasteiger partial charge in [0.2, 0.25) is 0 Å². The summed E-state index contributed by atoms with van der Waals surface area (Å²) in [5.41, 5.74) is 11.9. The minimum Gasteiger partial charge on any atom is -0.677 e. The number of carbonyl (C=O) groups excluding carboxylic acids is 2. The fourth-order valence-corrected chi connectivity index (χ4v) is 1.37. The normalized spacial score (nSPS) is 17.3. The summed E-state index contributed by atoms with van der Waals surface area (Å²) in [5, 5.41) is 20.4. The van der Waals surface area contributed by atoms with Crippen LogP contribution in [0.1, 0.15) is 32.6 Å². The molecule has 1 aliphatic rings. The molecule has 0 aromatic carbocycles. The molecule has 0 heterocycles. The summed E-state index contributed by atoms with van der Waals surface area (Å²) in [5.74, 6) is -2.60. The van der Waals surface area contributed by atoms with Crippen LogP contribution < -0.4 is 10.2 Å². The first kappa shape index (κ1) is 19.9. The summed E-state index contributed by atoms with van der Waals surface area (Å²) >= 11 is 0. The van der Waals surface area contributed by atoms with Crippen LogP contribution in [0.15, 0.2) is 0 Å². The summed E-state index contributed by atoms with van der Waals surface area (Å²) in [4.78, 5) is 20.4. The third kappa shape index (κ3) is 5.46. The zero-order chi connectivity index (χ0) is 13.5. The van der Waals surface area contributed by atoms with Gasteiger partial charge in [-0.1, -0.05) is 25.7 Å². The van der Waals surface area contributed by atoms with Gasteiger partial charge in [0.05, 0.1) is 11.9 Å². The minimum absolute atomic E-state index is 0. The van der Waals surface area contributed by atoms with Crippen molar-refractivity contribution < 1.29 is 40.9 Å². The van der Waals surface area contributed by atoms with Gasteiger partial charge in [-0.05, 0) is 12.8 Å². The Morgan fingerprint density at radius 2 is 1.67 bits per heavy atom. The van der Waals surface area contributed by atoms with Gasteiger partial charge < -0.3 is 31.3 Å². The molecular formula is C11H18N2O4Pt. The second-order valence-electron chi connectivity index (χ2n) is 4.36.